The van der Waals surface area contributed by atoms with Crippen molar-refractivity contribution < 1.29 is 13.7 Å². The molecule has 0 unspecified atom stereocenters. The number of hydrogen-bond donors (Lipinski definition) is 2. The fraction of sp³-hybridized carbons (Fsp3) is 0.519. The van der Waals surface area contributed by atoms with Gasteiger partial charge in [0.05, 0.1) is 13.2 Å². The zero-order valence-corrected chi connectivity index (χ0v) is 23.8. The number of piperidine rings is 1. The van der Waals surface area contributed by atoms with Crippen LogP contribution in [0.5, 0.6) is 5.75 Å². The van der Waals surface area contributed by atoms with Crippen LogP contribution in [0.1, 0.15) is 39.5 Å². The first kappa shape index (κ1) is 29.1. The topological polar surface area (TPSA) is 62.8 Å². The van der Waals surface area contributed by atoms with Crippen LogP contribution in [0.3, 0.4) is 0 Å². The van der Waals surface area contributed by atoms with Crippen molar-refractivity contribution in [2.75, 3.05) is 39.9 Å². The van der Waals surface area contributed by atoms with Gasteiger partial charge in [-0.3, -0.25) is 4.79 Å². The van der Waals surface area contributed by atoms with Gasteiger partial charge in [0.1, 0.15) is 5.75 Å². The van der Waals surface area contributed by atoms with E-state index in [1.807, 2.05) is 45.2 Å². The molecule has 0 spiro atoms. The predicted octanol–water partition coefficient (Wildman–Crippen LogP) is 6.06. The van der Waals surface area contributed by atoms with Gasteiger partial charge >= 0.3 is 0 Å². The molecule has 0 radical (unpaired) electrons. The van der Waals surface area contributed by atoms with E-state index in [0.29, 0.717) is 18.2 Å². The molecule has 36 heavy (non-hydrogen) atoms. The van der Waals surface area contributed by atoms with Gasteiger partial charge in [-0.2, -0.15) is 0 Å². The Hall–Kier alpha value is -1.42. The number of benzene rings is 2. The summed E-state index contributed by atoms with van der Waals surface area (Å²) in [5.74, 6) is 0.931. The Morgan fingerprint density at radius 1 is 1.06 bits per heavy atom. The maximum Gasteiger partial charge on any atom is 0.225 e. The summed E-state index contributed by atoms with van der Waals surface area (Å²) >= 11 is 9.11. The van der Waals surface area contributed by atoms with Crippen LogP contribution in [-0.4, -0.2) is 56.1 Å². The first-order valence-corrected chi connectivity index (χ1v) is 14.4. The molecule has 1 heterocycles. The number of carbonyl (C=O) groups is 1. The van der Waals surface area contributed by atoms with E-state index in [0.717, 1.165) is 56.0 Å². The number of carbonyl (C=O) groups excluding carboxylic acids is 1. The van der Waals surface area contributed by atoms with Crippen molar-refractivity contribution in [1.82, 2.24) is 14.9 Å². The van der Waals surface area contributed by atoms with Gasteiger partial charge in [0.25, 0.3) is 0 Å². The van der Waals surface area contributed by atoms with Crippen molar-refractivity contribution in [2.45, 2.75) is 55.4 Å². The summed E-state index contributed by atoms with van der Waals surface area (Å²) < 4.78 is 13.7. The second kappa shape index (κ2) is 15.1. The molecule has 1 aliphatic rings. The molecule has 0 saturated carbocycles. The molecule has 9 heteroatoms. The molecule has 0 bridgehead atoms. The van der Waals surface area contributed by atoms with Crippen LogP contribution in [0, 0.1) is 5.41 Å². The molecule has 2 N–H and O–H groups in total. The van der Waals surface area contributed by atoms with Crippen molar-refractivity contribution in [2.24, 2.45) is 5.41 Å². The molecular formula is C27H38ClN3O3S2. The Morgan fingerprint density at radius 3 is 2.39 bits per heavy atom. The Kier molecular flexibility index (Phi) is 12.2. The Labute approximate surface area is 229 Å². The van der Waals surface area contributed by atoms with Crippen LogP contribution in [0.15, 0.2) is 58.3 Å². The molecule has 1 saturated heterocycles. The minimum atomic E-state index is -0.425. The van der Waals surface area contributed by atoms with Gasteiger partial charge < -0.3 is 19.6 Å². The lowest BCUT2D eigenvalue weighted by atomic mass is 9.86. The second-order valence-corrected chi connectivity index (χ2v) is 12.0. The van der Waals surface area contributed by atoms with Gasteiger partial charge in [-0.25, -0.2) is 4.31 Å². The van der Waals surface area contributed by atoms with Gasteiger partial charge in [-0.05, 0) is 93.2 Å². The number of nitrogens with zero attached hydrogens (tertiary/aromatic N) is 1. The van der Waals surface area contributed by atoms with Gasteiger partial charge in [-0.15, -0.1) is 0 Å². The van der Waals surface area contributed by atoms with Gasteiger partial charge in [0.15, 0.2) is 0 Å². The first-order valence-electron chi connectivity index (χ1n) is 12.5. The van der Waals surface area contributed by atoms with Gasteiger partial charge in [0.2, 0.25) is 5.91 Å². The van der Waals surface area contributed by atoms with Crippen molar-refractivity contribution in [3.05, 3.63) is 53.6 Å². The van der Waals surface area contributed by atoms with Crippen LogP contribution >= 0.6 is 35.6 Å². The summed E-state index contributed by atoms with van der Waals surface area (Å²) in [5.41, 5.74) is -0.425. The molecule has 1 aliphatic heterocycles. The van der Waals surface area contributed by atoms with Crippen molar-refractivity contribution >= 4 is 41.5 Å². The molecule has 198 valence electrons. The van der Waals surface area contributed by atoms with E-state index in [-0.39, 0.29) is 11.9 Å². The summed E-state index contributed by atoms with van der Waals surface area (Å²) in [4.78, 5) is 15.3. The monoisotopic (exact) mass is 551 g/mol. The second-order valence-electron chi connectivity index (χ2n) is 9.54. The van der Waals surface area contributed by atoms with E-state index in [4.69, 9.17) is 20.5 Å². The van der Waals surface area contributed by atoms with Crippen molar-refractivity contribution in [1.29, 1.82) is 0 Å². The Morgan fingerprint density at radius 2 is 1.72 bits per heavy atom. The maximum absolute atomic E-state index is 12.9. The van der Waals surface area contributed by atoms with Crippen LogP contribution in [0.25, 0.3) is 0 Å². The highest BCUT2D eigenvalue weighted by Crippen LogP contribution is 2.29. The number of halogens is 1. The summed E-state index contributed by atoms with van der Waals surface area (Å²) in [6.07, 6.45) is 3.51. The molecular weight excluding hydrogens is 514 g/mol. The Bertz CT molecular complexity index is 921. The normalized spacial score (nSPS) is 15.1. The first-order chi connectivity index (χ1) is 17.4. The lowest BCUT2D eigenvalue weighted by Crippen LogP contribution is -2.47. The highest BCUT2D eigenvalue weighted by Gasteiger charge is 2.30. The lowest BCUT2D eigenvalue weighted by molar-refractivity contribution is -0.130. The molecule has 2 aromatic carbocycles. The van der Waals surface area contributed by atoms with E-state index in [1.54, 1.807) is 11.9 Å². The van der Waals surface area contributed by atoms with E-state index in [1.165, 1.54) is 16.9 Å². The Balaban J connectivity index is 1.32. The molecule has 6 nitrogen and oxygen atoms in total. The quantitative estimate of drug-likeness (QED) is 0.168. The standard InChI is InChI=1S/C27H38ClN3O3S2/c1-27(2,15-4-19-33-23-7-5-21(28)6-8-23)26(32)30-22-13-17-31(18-14-22)35-24-9-11-25(12-10-24)36-34-20-16-29-3/h5-12,22,29H,4,13-20H2,1-3H3,(H,30,32). The number of rotatable bonds is 14. The van der Waals surface area contributed by atoms with E-state index < -0.39 is 5.41 Å². The molecule has 1 amide bonds. The number of amides is 1. The minimum Gasteiger partial charge on any atom is -0.494 e. The van der Waals surface area contributed by atoms with Crippen LogP contribution in [0.4, 0.5) is 0 Å². The molecule has 3 rings (SSSR count). The van der Waals surface area contributed by atoms with Crippen LogP contribution < -0.4 is 15.4 Å². The minimum absolute atomic E-state index is 0.130. The average Bonchev–Trinajstić information content (AvgIpc) is 2.88. The van der Waals surface area contributed by atoms with E-state index in [2.05, 4.69) is 39.2 Å². The largest absolute Gasteiger partial charge is 0.494 e. The van der Waals surface area contributed by atoms with Gasteiger partial charge in [0, 0.05) is 57.9 Å². The fourth-order valence-corrected chi connectivity index (χ4v) is 5.40. The third kappa shape index (κ3) is 10.1. The average molecular weight is 552 g/mol. The summed E-state index contributed by atoms with van der Waals surface area (Å²) in [7, 11) is 1.92. The third-order valence-corrected chi connectivity index (χ3v) is 8.19. The number of hydrogen-bond acceptors (Lipinski definition) is 7. The molecule has 0 aliphatic carbocycles. The highest BCUT2D eigenvalue weighted by molar-refractivity contribution is 7.97. The smallest absolute Gasteiger partial charge is 0.225 e. The number of nitrogens with one attached hydrogen (secondary N) is 2. The maximum atomic E-state index is 12.9. The molecule has 1 fully saturated rings. The van der Waals surface area contributed by atoms with E-state index in [9.17, 15) is 4.79 Å². The van der Waals surface area contributed by atoms with Crippen LogP contribution in [0.2, 0.25) is 5.02 Å². The van der Waals surface area contributed by atoms with E-state index >= 15 is 0 Å². The van der Waals surface area contributed by atoms with Crippen molar-refractivity contribution in [3.63, 3.8) is 0 Å². The van der Waals surface area contributed by atoms with Crippen molar-refractivity contribution in [3.8, 4) is 5.75 Å². The van der Waals surface area contributed by atoms with Crippen LogP contribution in [-0.2, 0) is 8.98 Å². The summed E-state index contributed by atoms with van der Waals surface area (Å²) in [5, 5.41) is 7.05. The molecule has 0 atom stereocenters. The number of likely N-dealkylation sites (N-methyl/N-ethyl adjacent to an activating group) is 1. The third-order valence-electron chi connectivity index (χ3n) is 6.08. The molecule has 0 aromatic heterocycles. The summed E-state index contributed by atoms with van der Waals surface area (Å²) in [6.45, 7) is 8.04. The molecule has 2 aromatic rings. The zero-order chi connectivity index (χ0) is 25.8. The highest BCUT2D eigenvalue weighted by atomic mass is 35.5. The number of ether oxygens (including phenoxy) is 1. The predicted molar refractivity (Wildman–Crippen MR) is 151 cm³/mol. The summed E-state index contributed by atoms with van der Waals surface area (Å²) in [6, 6.07) is 16.1. The fourth-order valence-electron chi connectivity index (χ4n) is 3.78. The lowest BCUT2D eigenvalue weighted by Gasteiger charge is -2.33. The SMILES string of the molecule is CNCCOSc1ccc(SN2CCC(NC(=O)C(C)(C)CCCOc3ccc(Cl)cc3)CC2)cc1. The zero-order valence-electron chi connectivity index (χ0n) is 21.4. The van der Waals surface area contributed by atoms with Gasteiger partial charge in [-0.1, -0.05) is 25.4 Å².